The maximum atomic E-state index is 11.6. The van der Waals surface area contributed by atoms with Crippen molar-refractivity contribution in [1.82, 2.24) is 5.32 Å². The molecule has 6 nitrogen and oxygen atoms in total. The van der Waals surface area contributed by atoms with Crippen LogP contribution < -0.4 is 5.32 Å². The van der Waals surface area contributed by atoms with E-state index in [0.717, 1.165) is 0 Å². The molecule has 1 rings (SSSR count). The molecule has 1 aliphatic heterocycles. The van der Waals surface area contributed by atoms with Gasteiger partial charge >= 0.3 is 5.97 Å². The molecule has 0 spiro atoms. The van der Waals surface area contributed by atoms with Gasteiger partial charge in [0, 0.05) is 6.42 Å². The molecule has 18 heavy (non-hydrogen) atoms. The number of sulfone groups is 1. The van der Waals surface area contributed by atoms with Crippen molar-refractivity contribution < 1.29 is 22.7 Å². The summed E-state index contributed by atoms with van der Waals surface area (Å²) in [6.07, 6.45) is 0.456. The Balaban J connectivity index is 2.39. The standard InChI is InChI=1S/C11H19NO5S/c1-3-17-10(14)5-4-9(13)12-11(2)6-7-18(15,16)8-11/h3-8H2,1-2H3,(H,12,13). The molecule has 0 aromatic heterocycles. The molecule has 1 amide bonds. The zero-order valence-corrected chi connectivity index (χ0v) is 11.5. The molecule has 1 heterocycles. The smallest absolute Gasteiger partial charge is 0.306 e. The number of esters is 1. The SMILES string of the molecule is CCOC(=O)CCC(=O)NC1(C)CCS(=O)(=O)C1. The number of carbonyl (C=O) groups is 2. The van der Waals surface area contributed by atoms with Crippen LogP contribution in [0.5, 0.6) is 0 Å². The second kappa shape index (κ2) is 5.69. The van der Waals surface area contributed by atoms with E-state index in [1.54, 1.807) is 13.8 Å². The first-order valence-electron chi connectivity index (χ1n) is 5.93. The molecule has 7 heteroatoms. The molecule has 0 aromatic carbocycles. The molecule has 1 fully saturated rings. The van der Waals surface area contributed by atoms with Gasteiger partial charge in [-0.05, 0) is 20.3 Å². The van der Waals surface area contributed by atoms with Crippen LogP contribution in [0, 0.1) is 0 Å². The lowest BCUT2D eigenvalue weighted by molar-refractivity contribution is -0.144. The number of amides is 1. The molecular formula is C11H19NO5S. The van der Waals surface area contributed by atoms with E-state index in [-0.39, 0.29) is 36.9 Å². The molecule has 1 atom stereocenters. The summed E-state index contributed by atoms with van der Waals surface area (Å²) in [5.74, 6) is -0.674. The van der Waals surface area contributed by atoms with Gasteiger partial charge in [-0.2, -0.15) is 0 Å². The van der Waals surface area contributed by atoms with Crippen LogP contribution in [0.1, 0.15) is 33.1 Å². The molecule has 1 unspecified atom stereocenters. The third-order valence-electron chi connectivity index (χ3n) is 2.81. The highest BCUT2D eigenvalue weighted by Gasteiger charge is 2.39. The Morgan fingerprint density at radius 2 is 2.00 bits per heavy atom. The van der Waals surface area contributed by atoms with Crippen molar-refractivity contribution in [1.29, 1.82) is 0 Å². The average molecular weight is 277 g/mol. The Bertz CT molecular complexity index is 431. The van der Waals surface area contributed by atoms with Gasteiger partial charge < -0.3 is 10.1 Å². The largest absolute Gasteiger partial charge is 0.466 e. The second-order valence-corrected chi connectivity index (χ2v) is 6.94. The molecule has 0 bridgehead atoms. The molecule has 104 valence electrons. The highest BCUT2D eigenvalue weighted by atomic mass is 32.2. The maximum absolute atomic E-state index is 11.6. The summed E-state index contributed by atoms with van der Waals surface area (Å²) in [5, 5.41) is 2.68. The lowest BCUT2D eigenvalue weighted by Crippen LogP contribution is -2.47. The quantitative estimate of drug-likeness (QED) is 0.716. The van der Waals surface area contributed by atoms with Crippen LogP contribution in [0.15, 0.2) is 0 Å². The monoisotopic (exact) mass is 277 g/mol. The highest BCUT2D eigenvalue weighted by molar-refractivity contribution is 7.91. The summed E-state index contributed by atoms with van der Waals surface area (Å²) in [7, 11) is -3.05. The Kier molecular flexibility index (Phi) is 4.72. The first kappa shape index (κ1) is 14.9. The van der Waals surface area contributed by atoms with Crippen LogP contribution in [0.2, 0.25) is 0 Å². The minimum atomic E-state index is -3.05. The molecule has 0 saturated carbocycles. The van der Waals surface area contributed by atoms with Crippen molar-refractivity contribution in [3.05, 3.63) is 0 Å². The summed E-state index contributed by atoms with van der Waals surface area (Å²) in [6.45, 7) is 3.69. The first-order valence-corrected chi connectivity index (χ1v) is 7.75. The topological polar surface area (TPSA) is 89.5 Å². The number of carbonyl (C=O) groups excluding carboxylic acids is 2. The van der Waals surface area contributed by atoms with Crippen LogP contribution in [-0.4, -0.2) is 43.9 Å². The molecular weight excluding hydrogens is 258 g/mol. The van der Waals surface area contributed by atoms with E-state index in [1.807, 2.05) is 0 Å². The van der Waals surface area contributed by atoms with Crippen LogP contribution in [0.4, 0.5) is 0 Å². The van der Waals surface area contributed by atoms with Crippen molar-refractivity contribution in [3.63, 3.8) is 0 Å². The van der Waals surface area contributed by atoms with Gasteiger partial charge in [0.25, 0.3) is 0 Å². The van der Waals surface area contributed by atoms with E-state index < -0.39 is 21.3 Å². The van der Waals surface area contributed by atoms with Gasteiger partial charge in [-0.3, -0.25) is 9.59 Å². The van der Waals surface area contributed by atoms with E-state index >= 15 is 0 Å². The summed E-state index contributed by atoms with van der Waals surface area (Å²) < 4.78 is 27.4. The zero-order chi connectivity index (χ0) is 13.8. The second-order valence-electron chi connectivity index (χ2n) is 4.76. The number of nitrogens with one attached hydrogen (secondary N) is 1. The minimum Gasteiger partial charge on any atom is -0.466 e. The van der Waals surface area contributed by atoms with Gasteiger partial charge in [0.05, 0.1) is 30.1 Å². The number of rotatable bonds is 5. The predicted molar refractivity (Wildman–Crippen MR) is 65.7 cm³/mol. The first-order chi connectivity index (χ1) is 8.26. The van der Waals surface area contributed by atoms with Gasteiger partial charge in [0.2, 0.25) is 5.91 Å². The Morgan fingerprint density at radius 1 is 1.33 bits per heavy atom. The van der Waals surface area contributed by atoms with Crippen molar-refractivity contribution in [2.45, 2.75) is 38.6 Å². The Morgan fingerprint density at radius 3 is 2.50 bits per heavy atom. The van der Waals surface area contributed by atoms with Gasteiger partial charge in [0.15, 0.2) is 9.84 Å². The van der Waals surface area contributed by atoms with E-state index in [2.05, 4.69) is 5.32 Å². The average Bonchev–Trinajstić information content (AvgIpc) is 2.50. The molecule has 0 radical (unpaired) electrons. The normalized spacial score (nSPS) is 25.7. The number of ether oxygens (including phenoxy) is 1. The van der Waals surface area contributed by atoms with Crippen molar-refractivity contribution in [2.75, 3.05) is 18.1 Å². The zero-order valence-electron chi connectivity index (χ0n) is 10.7. The summed E-state index contributed by atoms with van der Waals surface area (Å²) in [4.78, 5) is 22.7. The molecule has 1 saturated heterocycles. The lowest BCUT2D eigenvalue weighted by Gasteiger charge is -2.23. The van der Waals surface area contributed by atoms with Crippen LogP contribution in [0.3, 0.4) is 0 Å². The van der Waals surface area contributed by atoms with Crippen LogP contribution >= 0.6 is 0 Å². The fourth-order valence-electron chi connectivity index (χ4n) is 1.96. The van der Waals surface area contributed by atoms with Crippen molar-refractivity contribution in [2.24, 2.45) is 0 Å². The van der Waals surface area contributed by atoms with E-state index in [4.69, 9.17) is 4.74 Å². The third-order valence-corrected chi connectivity index (χ3v) is 4.71. The van der Waals surface area contributed by atoms with E-state index in [1.165, 1.54) is 0 Å². The van der Waals surface area contributed by atoms with Crippen molar-refractivity contribution >= 4 is 21.7 Å². The van der Waals surface area contributed by atoms with Crippen LogP contribution in [0.25, 0.3) is 0 Å². The van der Waals surface area contributed by atoms with Crippen molar-refractivity contribution in [3.8, 4) is 0 Å². The molecule has 1 N–H and O–H groups in total. The Hall–Kier alpha value is -1.11. The summed E-state index contributed by atoms with van der Waals surface area (Å²) in [6, 6.07) is 0. The van der Waals surface area contributed by atoms with Gasteiger partial charge in [-0.25, -0.2) is 8.42 Å². The van der Waals surface area contributed by atoms with E-state index in [0.29, 0.717) is 6.42 Å². The van der Waals surface area contributed by atoms with Gasteiger partial charge in [0.1, 0.15) is 0 Å². The number of hydrogen-bond acceptors (Lipinski definition) is 5. The molecule has 0 aliphatic carbocycles. The number of hydrogen-bond donors (Lipinski definition) is 1. The van der Waals surface area contributed by atoms with Crippen LogP contribution in [-0.2, 0) is 24.2 Å². The Labute approximate surface area is 107 Å². The predicted octanol–water partition coefficient (Wildman–Crippen LogP) is 0.0231. The minimum absolute atomic E-state index is 0.0164. The van der Waals surface area contributed by atoms with Gasteiger partial charge in [-0.1, -0.05) is 0 Å². The third kappa shape index (κ3) is 4.64. The molecule has 1 aliphatic rings. The maximum Gasteiger partial charge on any atom is 0.306 e. The summed E-state index contributed by atoms with van der Waals surface area (Å²) in [5.41, 5.74) is -0.704. The summed E-state index contributed by atoms with van der Waals surface area (Å²) >= 11 is 0. The lowest BCUT2D eigenvalue weighted by atomic mass is 10.0. The highest BCUT2D eigenvalue weighted by Crippen LogP contribution is 2.22. The fraction of sp³-hybridized carbons (Fsp3) is 0.818. The van der Waals surface area contributed by atoms with E-state index in [9.17, 15) is 18.0 Å². The van der Waals surface area contributed by atoms with Gasteiger partial charge in [-0.15, -0.1) is 0 Å². The molecule has 0 aromatic rings. The fourth-order valence-corrected chi connectivity index (χ4v) is 4.05.